The molecule has 2 amide bonds. The minimum absolute atomic E-state index is 0.182. The van der Waals surface area contributed by atoms with Crippen molar-refractivity contribution in [1.82, 2.24) is 5.01 Å². The second-order valence-electron chi connectivity index (χ2n) is 6.81. The number of rotatable bonds is 6. The van der Waals surface area contributed by atoms with Gasteiger partial charge in [0.25, 0.3) is 11.8 Å². The fraction of sp³-hybridized carbons (Fsp3) is 0.0435. The van der Waals surface area contributed by atoms with Crippen LogP contribution in [0.1, 0.15) is 36.6 Å². The molecule has 0 radical (unpaired) electrons. The maximum Gasteiger partial charge on any atom is 0.343 e. The molecule has 1 aliphatic rings. The third-order valence-corrected chi connectivity index (χ3v) is 4.80. The van der Waals surface area contributed by atoms with Crippen LogP contribution in [0.4, 0.5) is 5.69 Å². The van der Waals surface area contributed by atoms with E-state index in [0.29, 0.717) is 10.8 Å². The van der Waals surface area contributed by atoms with Crippen LogP contribution in [0, 0.1) is 10.1 Å². The summed E-state index contributed by atoms with van der Waals surface area (Å²) < 4.78 is 10.2. The van der Waals surface area contributed by atoms with Crippen LogP contribution in [0.3, 0.4) is 0 Å². The molecule has 1 aliphatic heterocycles. The number of hydrazone groups is 1. The van der Waals surface area contributed by atoms with E-state index in [1.165, 1.54) is 43.5 Å². The van der Waals surface area contributed by atoms with Crippen LogP contribution in [-0.4, -0.2) is 41.0 Å². The molecule has 0 saturated carbocycles. The van der Waals surface area contributed by atoms with Crippen molar-refractivity contribution in [2.75, 3.05) is 7.11 Å². The molecule has 0 saturated heterocycles. The van der Waals surface area contributed by atoms with Crippen LogP contribution >= 0.6 is 0 Å². The second-order valence-corrected chi connectivity index (χ2v) is 6.81. The molecule has 0 unspecified atom stereocenters. The lowest BCUT2D eigenvalue weighted by molar-refractivity contribution is -0.385. The Hall–Kier alpha value is -4.86. The summed E-state index contributed by atoms with van der Waals surface area (Å²) >= 11 is 0. The van der Waals surface area contributed by atoms with E-state index in [1.54, 1.807) is 24.3 Å². The highest BCUT2D eigenvalue weighted by atomic mass is 16.6. The molecule has 1 heterocycles. The first-order valence-corrected chi connectivity index (χ1v) is 9.55. The van der Waals surface area contributed by atoms with Crippen LogP contribution in [0.25, 0.3) is 0 Å². The summed E-state index contributed by atoms with van der Waals surface area (Å²) in [5.41, 5.74) is 0.380. The molecule has 0 spiro atoms. The fourth-order valence-electron chi connectivity index (χ4n) is 3.14. The summed E-state index contributed by atoms with van der Waals surface area (Å²) in [4.78, 5) is 47.9. The zero-order valence-corrected chi connectivity index (χ0v) is 17.1. The zero-order chi connectivity index (χ0) is 23.5. The Bertz CT molecular complexity index is 1280. The number of nitro benzene ring substituents is 1. The van der Waals surface area contributed by atoms with Gasteiger partial charge in [-0.1, -0.05) is 12.1 Å². The number of imide groups is 1. The molecule has 0 N–H and O–H groups in total. The molecule has 0 aromatic heterocycles. The second kappa shape index (κ2) is 8.71. The Balaban J connectivity index is 1.55. The highest BCUT2D eigenvalue weighted by Gasteiger charge is 2.35. The van der Waals surface area contributed by atoms with Gasteiger partial charge in [-0.25, -0.2) is 4.79 Å². The van der Waals surface area contributed by atoms with Gasteiger partial charge in [-0.15, -0.1) is 0 Å². The van der Waals surface area contributed by atoms with Gasteiger partial charge in [0.15, 0.2) is 0 Å². The Morgan fingerprint density at radius 3 is 2.21 bits per heavy atom. The molecular weight excluding hydrogens is 430 g/mol. The van der Waals surface area contributed by atoms with Crippen molar-refractivity contribution in [1.29, 1.82) is 0 Å². The van der Waals surface area contributed by atoms with Crippen LogP contribution in [0.2, 0.25) is 0 Å². The molecule has 3 aromatic carbocycles. The zero-order valence-electron chi connectivity index (χ0n) is 17.1. The normalized spacial score (nSPS) is 12.7. The van der Waals surface area contributed by atoms with Gasteiger partial charge in [0.2, 0.25) is 5.75 Å². The third kappa shape index (κ3) is 4.17. The summed E-state index contributed by atoms with van der Waals surface area (Å²) in [5, 5.41) is 16.1. The summed E-state index contributed by atoms with van der Waals surface area (Å²) in [6.07, 6.45) is 1.14. The Kier molecular flexibility index (Phi) is 5.64. The number of amides is 2. The number of fused-ring (bicyclic) bond motifs is 1. The predicted octanol–water partition coefficient (Wildman–Crippen LogP) is 3.45. The number of carbonyl (C=O) groups excluding carboxylic acids is 3. The fourth-order valence-corrected chi connectivity index (χ4v) is 3.14. The van der Waals surface area contributed by atoms with Gasteiger partial charge in [-0.3, -0.25) is 19.7 Å². The van der Waals surface area contributed by atoms with Crippen LogP contribution in [0.15, 0.2) is 71.8 Å². The molecule has 3 aromatic rings. The molecule has 33 heavy (non-hydrogen) atoms. The maximum atomic E-state index is 12.4. The largest absolute Gasteiger partial charge is 0.497 e. The van der Waals surface area contributed by atoms with Crippen molar-refractivity contribution in [3.8, 4) is 11.5 Å². The van der Waals surface area contributed by atoms with Crippen LogP contribution < -0.4 is 9.47 Å². The molecule has 0 aliphatic carbocycles. The molecule has 0 atom stereocenters. The summed E-state index contributed by atoms with van der Waals surface area (Å²) in [6, 6.07) is 16.1. The van der Waals surface area contributed by atoms with Crippen molar-refractivity contribution in [3.05, 3.63) is 99.1 Å². The van der Waals surface area contributed by atoms with E-state index in [4.69, 9.17) is 9.47 Å². The Morgan fingerprint density at radius 1 is 1.00 bits per heavy atom. The summed E-state index contributed by atoms with van der Waals surface area (Å²) in [5.74, 6) is -1.69. The first kappa shape index (κ1) is 21.4. The first-order chi connectivity index (χ1) is 15.9. The van der Waals surface area contributed by atoms with E-state index < -0.39 is 28.4 Å². The Labute approximate surface area is 186 Å². The van der Waals surface area contributed by atoms with Crippen LogP contribution in [0.5, 0.6) is 11.5 Å². The van der Waals surface area contributed by atoms with Crippen molar-refractivity contribution < 1.29 is 28.8 Å². The number of methoxy groups -OCH3 is 1. The molecule has 10 heteroatoms. The summed E-state index contributed by atoms with van der Waals surface area (Å²) in [6.45, 7) is 0. The molecule has 10 nitrogen and oxygen atoms in total. The van der Waals surface area contributed by atoms with Crippen LogP contribution in [-0.2, 0) is 0 Å². The molecule has 164 valence electrons. The lowest BCUT2D eigenvalue weighted by Crippen LogP contribution is -2.24. The van der Waals surface area contributed by atoms with E-state index in [2.05, 4.69) is 5.10 Å². The van der Waals surface area contributed by atoms with Gasteiger partial charge in [-0.05, 0) is 48.5 Å². The Morgan fingerprint density at radius 2 is 1.64 bits per heavy atom. The first-order valence-electron chi connectivity index (χ1n) is 9.55. The number of esters is 1. The van der Waals surface area contributed by atoms with E-state index in [0.717, 1.165) is 12.3 Å². The predicted molar refractivity (Wildman–Crippen MR) is 116 cm³/mol. The minimum atomic E-state index is -0.784. The average Bonchev–Trinajstić information content (AvgIpc) is 3.08. The van der Waals surface area contributed by atoms with Gasteiger partial charge in [-0.2, -0.15) is 10.1 Å². The maximum absolute atomic E-state index is 12.4. The highest BCUT2D eigenvalue weighted by molar-refractivity contribution is 6.21. The van der Waals surface area contributed by atoms with Gasteiger partial charge in [0, 0.05) is 11.6 Å². The molecular formula is C23H15N3O7. The van der Waals surface area contributed by atoms with Gasteiger partial charge in [0.1, 0.15) is 5.75 Å². The number of nitro groups is 1. The third-order valence-electron chi connectivity index (χ3n) is 4.80. The van der Waals surface area contributed by atoms with E-state index >= 15 is 0 Å². The minimum Gasteiger partial charge on any atom is -0.497 e. The van der Waals surface area contributed by atoms with Crippen molar-refractivity contribution in [3.63, 3.8) is 0 Å². The summed E-state index contributed by atoms with van der Waals surface area (Å²) in [7, 11) is 1.48. The average molecular weight is 445 g/mol. The molecule has 4 rings (SSSR count). The smallest absolute Gasteiger partial charge is 0.343 e. The van der Waals surface area contributed by atoms with E-state index in [1.807, 2.05) is 0 Å². The SMILES string of the molecule is COc1ccc(C(=O)Oc2ccc(C=NN3C(=O)c4ccccc4C3=O)cc2[N+](=O)[O-])cc1. The van der Waals surface area contributed by atoms with Gasteiger partial charge >= 0.3 is 11.7 Å². The van der Waals surface area contributed by atoms with Crippen molar-refractivity contribution in [2.24, 2.45) is 5.10 Å². The number of nitrogens with zero attached hydrogens (tertiary/aromatic N) is 3. The molecule has 0 fully saturated rings. The quantitative estimate of drug-likeness (QED) is 0.142. The topological polar surface area (TPSA) is 128 Å². The van der Waals surface area contributed by atoms with Crippen molar-refractivity contribution in [2.45, 2.75) is 0 Å². The lowest BCUT2D eigenvalue weighted by atomic mass is 10.1. The number of ether oxygens (including phenoxy) is 2. The van der Waals surface area contributed by atoms with Crippen molar-refractivity contribution >= 4 is 29.7 Å². The highest BCUT2D eigenvalue weighted by Crippen LogP contribution is 2.29. The molecule has 0 bridgehead atoms. The number of benzene rings is 3. The monoisotopic (exact) mass is 445 g/mol. The van der Waals surface area contributed by atoms with Gasteiger partial charge < -0.3 is 9.47 Å². The number of hydrogen-bond acceptors (Lipinski definition) is 8. The van der Waals surface area contributed by atoms with Gasteiger partial charge in [0.05, 0.1) is 34.9 Å². The van der Waals surface area contributed by atoms with E-state index in [9.17, 15) is 24.5 Å². The standard InChI is InChI=1S/C23H15N3O7/c1-32-16-9-7-15(8-10-16)23(29)33-20-11-6-14(12-19(20)26(30)31)13-24-25-21(27)17-4-2-3-5-18(17)22(25)28/h2-13H,1H3. The lowest BCUT2D eigenvalue weighted by Gasteiger charge is -2.07. The van der Waals surface area contributed by atoms with E-state index in [-0.39, 0.29) is 28.0 Å². The number of carbonyl (C=O) groups is 3. The number of hydrogen-bond donors (Lipinski definition) is 0.